The summed E-state index contributed by atoms with van der Waals surface area (Å²) in [6.07, 6.45) is 11.9. The van der Waals surface area contributed by atoms with Crippen molar-refractivity contribution in [1.29, 1.82) is 0 Å². The highest BCUT2D eigenvalue weighted by molar-refractivity contribution is 5.29. The Morgan fingerprint density at radius 3 is 2.43 bits per heavy atom. The summed E-state index contributed by atoms with van der Waals surface area (Å²) in [7, 11) is 0. The Bertz CT molecular complexity index is 544. The van der Waals surface area contributed by atoms with E-state index < -0.39 is 0 Å². The molecule has 0 N–H and O–H groups in total. The summed E-state index contributed by atoms with van der Waals surface area (Å²) in [5.74, 6) is 0.952. The molecule has 2 fully saturated rings. The normalized spacial score (nSPS) is 27.4. The van der Waals surface area contributed by atoms with Crippen LogP contribution in [0.5, 0.6) is 5.75 Å². The summed E-state index contributed by atoms with van der Waals surface area (Å²) in [6.45, 7) is 5.90. The van der Waals surface area contributed by atoms with Crippen LogP contribution < -0.4 is 4.74 Å². The zero-order valence-electron chi connectivity index (χ0n) is 17.7. The fraction of sp³-hybridized carbons (Fsp3) is 0.750. The van der Waals surface area contributed by atoms with Crippen molar-refractivity contribution < 1.29 is 18.9 Å². The summed E-state index contributed by atoms with van der Waals surface area (Å²) in [5.41, 5.74) is 1.22. The summed E-state index contributed by atoms with van der Waals surface area (Å²) in [4.78, 5) is 0. The standard InChI is InChI=1S/C24H38O4/c1-3-5-7-9-17-25-20-13-11-19(12-14-20)21-15-16-22-23(27-21)18-26-24(28-22)10-8-6-4-2/h11-14,21-24H,3-10,15-18H2,1-2H3/t21-,22+,23-,24-/m1/s1. The molecule has 0 aromatic heterocycles. The number of rotatable bonds is 11. The van der Waals surface area contributed by atoms with Gasteiger partial charge in [0.1, 0.15) is 11.9 Å². The first-order valence-electron chi connectivity index (χ1n) is 11.5. The van der Waals surface area contributed by atoms with Gasteiger partial charge >= 0.3 is 0 Å². The molecule has 4 nitrogen and oxygen atoms in total. The van der Waals surface area contributed by atoms with Crippen LogP contribution >= 0.6 is 0 Å². The molecule has 28 heavy (non-hydrogen) atoms. The van der Waals surface area contributed by atoms with Crippen molar-refractivity contribution in [2.45, 2.75) is 103 Å². The van der Waals surface area contributed by atoms with E-state index in [-0.39, 0.29) is 24.6 Å². The minimum Gasteiger partial charge on any atom is -0.494 e. The third-order valence-electron chi connectivity index (χ3n) is 5.80. The zero-order chi connectivity index (χ0) is 19.6. The molecular weight excluding hydrogens is 352 g/mol. The van der Waals surface area contributed by atoms with Gasteiger partial charge in [-0.1, -0.05) is 58.1 Å². The Balaban J connectivity index is 1.42. The van der Waals surface area contributed by atoms with Gasteiger partial charge in [0, 0.05) is 0 Å². The number of hydrogen-bond donors (Lipinski definition) is 0. The van der Waals surface area contributed by atoms with Crippen LogP contribution in [0.4, 0.5) is 0 Å². The lowest BCUT2D eigenvalue weighted by molar-refractivity contribution is -0.286. The fourth-order valence-corrected chi connectivity index (χ4v) is 4.06. The van der Waals surface area contributed by atoms with Crippen LogP contribution in [0.15, 0.2) is 24.3 Å². The zero-order valence-corrected chi connectivity index (χ0v) is 17.7. The van der Waals surface area contributed by atoms with Crippen LogP contribution in [-0.4, -0.2) is 31.7 Å². The summed E-state index contributed by atoms with van der Waals surface area (Å²) in [6, 6.07) is 8.43. The van der Waals surface area contributed by atoms with E-state index in [0.717, 1.165) is 38.0 Å². The van der Waals surface area contributed by atoms with Crippen LogP contribution in [0.25, 0.3) is 0 Å². The van der Waals surface area contributed by atoms with Crippen molar-refractivity contribution in [3.8, 4) is 5.75 Å². The van der Waals surface area contributed by atoms with Crippen LogP contribution in [0, 0.1) is 0 Å². The largest absolute Gasteiger partial charge is 0.494 e. The maximum absolute atomic E-state index is 6.32. The summed E-state index contributed by atoms with van der Waals surface area (Å²) >= 11 is 0. The van der Waals surface area contributed by atoms with Gasteiger partial charge < -0.3 is 18.9 Å². The first-order chi connectivity index (χ1) is 13.8. The number of hydrogen-bond acceptors (Lipinski definition) is 4. The van der Waals surface area contributed by atoms with Gasteiger partial charge in [0.25, 0.3) is 0 Å². The molecule has 0 radical (unpaired) electrons. The number of unbranched alkanes of at least 4 members (excludes halogenated alkanes) is 5. The minimum atomic E-state index is -0.0401. The second kappa shape index (κ2) is 11.8. The first kappa shape index (κ1) is 21.6. The molecule has 158 valence electrons. The van der Waals surface area contributed by atoms with Crippen molar-refractivity contribution in [2.24, 2.45) is 0 Å². The average Bonchev–Trinajstić information content (AvgIpc) is 2.74. The maximum atomic E-state index is 6.32. The van der Waals surface area contributed by atoms with E-state index in [0.29, 0.717) is 6.61 Å². The van der Waals surface area contributed by atoms with Crippen molar-refractivity contribution in [2.75, 3.05) is 13.2 Å². The van der Waals surface area contributed by atoms with Crippen LogP contribution in [0.1, 0.15) is 89.7 Å². The highest BCUT2D eigenvalue weighted by atomic mass is 16.7. The Kier molecular flexibility index (Phi) is 9.10. The molecule has 0 aliphatic carbocycles. The Morgan fingerprint density at radius 1 is 0.857 bits per heavy atom. The molecular formula is C24H38O4. The van der Waals surface area contributed by atoms with Gasteiger partial charge in [-0.3, -0.25) is 0 Å². The lowest BCUT2D eigenvalue weighted by Crippen LogP contribution is -2.48. The lowest BCUT2D eigenvalue weighted by Gasteiger charge is -2.42. The summed E-state index contributed by atoms with van der Waals surface area (Å²) in [5, 5.41) is 0. The van der Waals surface area contributed by atoms with E-state index >= 15 is 0 Å². The Labute approximate surface area is 170 Å². The lowest BCUT2D eigenvalue weighted by atomic mass is 9.96. The van der Waals surface area contributed by atoms with Gasteiger partial charge in [-0.2, -0.15) is 0 Å². The molecule has 0 bridgehead atoms. The Hall–Kier alpha value is -1.10. The molecule has 4 atom stereocenters. The van der Waals surface area contributed by atoms with E-state index in [4.69, 9.17) is 18.9 Å². The quantitative estimate of drug-likeness (QED) is 0.422. The fourth-order valence-electron chi connectivity index (χ4n) is 4.06. The molecule has 2 heterocycles. The van der Waals surface area contributed by atoms with E-state index in [1.807, 2.05) is 0 Å². The molecule has 4 heteroatoms. The third kappa shape index (κ3) is 6.47. The van der Waals surface area contributed by atoms with E-state index in [9.17, 15) is 0 Å². The predicted octanol–water partition coefficient (Wildman–Crippen LogP) is 6.19. The molecule has 1 aromatic carbocycles. The van der Waals surface area contributed by atoms with Crippen molar-refractivity contribution in [3.63, 3.8) is 0 Å². The van der Waals surface area contributed by atoms with Gasteiger partial charge in [0.05, 0.1) is 25.4 Å². The molecule has 0 saturated carbocycles. The van der Waals surface area contributed by atoms with Crippen LogP contribution in [-0.2, 0) is 14.2 Å². The summed E-state index contributed by atoms with van der Waals surface area (Å²) < 4.78 is 24.2. The van der Waals surface area contributed by atoms with Crippen LogP contribution in [0.2, 0.25) is 0 Å². The average molecular weight is 391 g/mol. The number of ether oxygens (including phenoxy) is 4. The minimum absolute atomic E-state index is 0.0401. The first-order valence-corrected chi connectivity index (χ1v) is 11.5. The highest BCUT2D eigenvalue weighted by Gasteiger charge is 2.38. The van der Waals surface area contributed by atoms with Gasteiger partial charge in [-0.15, -0.1) is 0 Å². The molecule has 2 aliphatic heterocycles. The van der Waals surface area contributed by atoms with Crippen molar-refractivity contribution >= 4 is 0 Å². The predicted molar refractivity (Wildman–Crippen MR) is 112 cm³/mol. The van der Waals surface area contributed by atoms with Gasteiger partial charge in [-0.05, 0) is 49.8 Å². The van der Waals surface area contributed by atoms with Gasteiger partial charge in [-0.25, -0.2) is 0 Å². The molecule has 2 saturated heterocycles. The highest BCUT2D eigenvalue weighted by Crippen LogP contribution is 2.36. The van der Waals surface area contributed by atoms with Gasteiger partial charge in [0.15, 0.2) is 6.29 Å². The third-order valence-corrected chi connectivity index (χ3v) is 5.80. The molecule has 3 rings (SSSR count). The van der Waals surface area contributed by atoms with E-state index in [2.05, 4.69) is 38.1 Å². The van der Waals surface area contributed by atoms with E-state index in [1.54, 1.807) is 0 Å². The number of fused-ring (bicyclic) bond motifs is 1. The second-order valence-electron chi connectivity index (χ2n) is 8.15. The maximum Gasteiger partial charge on any atom is 0.158 e. The van der Waals surface area contributed by atoms with Crippen molar-refractivity contribution in [1.82, 2.24) is 0 Å². The monoisotopic (exact) mass is 390 g/mol. The smallest absolute Gasteiger partial charge is 0.158 e. The molecule has 0 unspecified atom stereocenters. The Morgan fingerprint density at radius 2 is 1.64 bits per heavy atom. The van der Waals surface area contributed by atoms with Gasteiger partial charge in [0.2, 0.25) is 0 Å². The molecule has 2 aliphatic rings. The number of benzene rings is 1. The SMILES string of the molecule is CCCCCCOc1ccc([C@H]2CC[C@@H]3O[C@H](CCCCC)OC[C@H]3O2)cc1. The topological polar surface area (TPSA) is 36.9 Å². The molecule has 0 spiro atoms. The second-order valence-corrected chi connectivity index (χ2v) is 8.15. The van der Waals surface area contributed by atoms with Crippen LogP contribution in [0.3, 0.4) is 0 Å². The molecule has 0 amide bonds. The van der Waals surface area contributed by atoms with Crippen molar-refractivity contribution in [3.05, 3.63) is 29.8 Å². The van der Waals surface area contributed by atoms with E-state index in [1.165, 1.54) is 44.1 Å². The molecule has 1 aromatic rings.